The molecule has 43 heavy (non-hydrogen) atoms. The molecule has 0 fully saturated rings. The Hall–Kier alpha value is -5.22. The van der Waals surface area contributed by atoms with Gasteiger partial charge in [-0.05, 0) is 79.6 Å². The minimum absolute atomic E-state index is 0.236. The Morgan fingerprint density at radius 2 is 1.74 bits per heavy atom. The maximum Gasteiger partial charge on any atom is 0.291 e. The minimum Gasteiger partial charge on any atom is -0.494 e. The summed E-state index contributed by atoms with van der Waals surface area (Å²) in [5.74, 6) is 2.52. The summed E-state index contributed by atoms with van der Waals surface area (Å²) in [5, 5.41) is 9.37. The molecule has 0 amide bonds. The second-order valence-electron chi connectivity index (χ2n) is 9.65. The Morgan fingerprint density at radius 3 is 2.47 bits per heavy atom. The van der Waals surface area contributed by atoms with Crippen molar-refractivity contribution in [2.24, 2.45) is 0 Å². The Bertz CT molecular complexity index is 2060. The third-order valence-corrected chi connectivity index (χ3v) is 7.80. The molecule has 0 N–H and O–H groups in total. The van der Waals surface area contributed by atoms with Gasteiger partial charge < -0.3 is 14.2 Å². The highest BCUT2D eigenvalue weighted by molar-refractivity contribution is 7.15. The van der Waals surface area contributed by atoms with Gasteiger partial charge in [0.2, 0.25) is 4.96 Å². The molecule has 0 bridgehead atoms. The first-order valence-electron chi connectivity index (χ1n) is 13.7. The van der Waals surface area contributed by atoms with Crippen LogP contribution in [0, 0.1) is 6.92 Å². The fourth-order valence-electron chi connectivity index (χ4n) is 4.76. The first kappa shape index (κ1) is 27.9. The van der Waals surface area contributed by atoms with Gasteiger partial charge in [-0.1, -0.05) is 41.7 Å². The molecular formula is C33H29N5O4S. The zero-order chi connectivity index (χ0) is 29.9. The molecule has 10 heteroatoms. The van der Waals surface area contributed by atoms with Crippen molar-refractivity contribution >= 4 is 34.5 Å². The number of aromatic nitrogens is 5. The lowest BCUT2D eigenvalue weighted by atomic mass is 10.0. The molecule has 0 aliphatic heterocycles. The Labute approximate surface area is 251 Å². The van der Waals surface area contributed by atoms with Crippen LogP contribution in [-0.4, -0.2) is 45.2 Å². The van der Waals surface area contributed by atoms with Crippen LogP contribution in [0.4, 0.5) is 0 Å². The van der Waals surface area contributed by atoms with Crippen LogP contribution in [-0.2, 0) is 0 Å². The number of benzene rings is 3. The predicted molar refractivity (Wildman–Crippen MR) is 169 cm³/mol. The van der Waals surface area contributed by atoms with Crippen LogP contribution >= 0.6 is 11.3 Å². The van der Waals surface area contributed by atoms with Gasteiger partial charge in [0.1, 0.15) is 11.4 Å². The van der Waals surface area contributed by atoms with Crippen LogP contribution in [0.2, 0.25) is 0 Å². The standard InChI is InChI=1S/C33H29N5O4S/c1-5-42-25-13-14-26(21(2)17-25)31-23(20-37(36-31)24-9-7-6-8-10-24)19-29-32(39)38-33(43-29)34-30(35-38)16-12-22-11-15-27(40-3)28(18-22)41-4/h6-20H,5H2,1-4H3/b16-12+,29-19-. The molecule has 0 atom stereocenters. The van der Waals surface area contributed by atoms with Crippen molar-refractivity contribution in [3.63, 3.8) is 0 Å². The summed E-state index contributed by atoms with van der Waals surface area (Å²) >= 11 is 1.29. The van der Waals surface area contributed by atoms with Gasteiger partial charge in [0.05, 0.1) is 31.0 Å². The van der Waals surface area contributed by atoms with E-state index in [2.05, 4.69) is 10.1 Å². The van der Waals surface area contributed by atoms with Gasteiger partial charge in [0.15, 0.2) is 17.3 Å². The maximum absolute atomic E-state index is 13.4. The molecule has 6 rings (SSSR count). The fourth-order valence-corrected chi connectivity index (χ4v) is 5.67. The van der Waals surface area contributed by atoms with Crippen molar-refractivity contribution in [3.8, 4) is 34.2 Å². The van der Waals surface area contributed by atoms with Crippen molar-refractivity contribution < 1.29 is 14.2 Å². The van der Waals surface area contributed by atoms with Crippen LogP contribution in [0.15, 0.2) is 77.7 Å². The molecule has 6 aromatic rings. The quantitative estimate of drug-likeness (QED) is 0.221. The van der Waals surface area contributed by atoms with Crippen molar-refractivity contribution in [3.05, 3.63) is 110 Å². The Morgan fingerprint density at radius 1 is 0.930 bits per heavy atom. The van der Waals surface area contributed by atoms with Crippen LogP contribution in [0.5, 0.6) is 17.2 Å². The smallest absolute Gasteiger partial charge is 0.291 e. The molecule has 0 saturated heterocycles. The number of methoxy groups -OCH3 is 2. The summed E-state index contributed by atoms with van der Waals surface area (Å²) in [6.07, 6.45) is 7.43. The molecule has 0 radical (unpaired) electrons. The zero-order valence-corrected chi connectivity index (χ0v) is 25.0. The molecule has 216 valence electrons. The molecule has 3 aromatic carbocycles. The van der Waals surface area contributed by atoms with Gasteiger partial charge in [-0.2, -0.15) is 14.6 Å². The van der Waals surface area contributed by atoms with E-state index in [1.807, 2.05) is 104 Å². The minimum atomic E-state index is -0.236. The van der Waals surface area contributed by atoms with Gasteiger partial charge >= 0.3 is 0 Å². The number of fused-ring (bicyclic) bond motifs is 1. The summed E-state index contributed by atoms with van der Waals surface area (Å²) in [6.45, 7) is 4.58. The third-order valence-electron chi connectivity index (χ3n) is 6.84. The molecule has 0 saturated carbocycles. The van der Waals surface area contributed by atoms with Crippen molar-refractivity contribution in [1.82, 2.24) is 24.4 Å². The topological polar surface area (TPSA) is 92.8 Å². The Kier molecular flexibility index (Phi) is 7.76. The predicted octanol–water partition coefficient (Wildman–Crippen LogP) is 5.45. The lowest BCUT2D eigenvalue weighted by Gasteiger charge is -2.08. The monoisotopic (exact) mass is 591 g/mol. The van der Waals surface area contributed by atoms with Gasteiger partial charge in [0.25, 0.3) is 5.56 Å². The fraction of sp³-hybridized carbons (Fsp3) is 0.152. The van der Waals surface area contributed by atoms with Crippen LogP contribution < -0.4 is 24.3 Å². The number of thiazole rings is 1. The highest BCUT2D eigenvalue weighted by Crippen LogP contribution is 2.30. The summed E-state index contributed by atoms with van der Waals surface area (Å²) in [6, 6.07) is 21.4. The normalized spacial score (nSPS) is 12.0. The average molecular weight is 592 g/mol. The third kappa shape index (κ3) is 5.64. The lowest BCUT2D eigenvalue weighted by molar-refractivity contribution is 0.340. The summed E-state index contributed by atoms with van der Waals surface area (Å²) in [7, 11) is 3.19. The summed E-state index contributed by atoms with van der Waals surface area (Å²) < 4.78 is 20.1. The van der Waals surface area contributed by atoms with Crippen molar-refractivity contribution in [2.45, 2.75) is 13.8 Å². The van der Waals surface area contributed by atoms with Gasteiger partial charge in [0, 0.05) is 17.3 Å². The van der Waals surface area contributed by atoms with E-state index in [4.69, 9.17) is 19.3 Å². The molecular weight excluding hydrogens is 562 g/mol. The number of hydrogen-bond donors (Lipinski definition) is 0. The molecule has 0 unspecified atom stereocenters. The van der Waals surface area contributed by atoms with Crippen molar-refractivity contribution in [2.75, 3.05) is 20.8 Å². The van der Waals surface area contributed by atoms with Gasteiger partial charge in [-0.3, -0.25) is 4.79 Å². The number of aryl methyl sites for hydroxylation is 1. The van der Waals surface area contributed by atoms with Crippen LogP contribution in [0.3, 0.4) is 0 Å². The van der Waals surface area contributed by atoms with E-state index in [-0.39, 0.29) is 5.56 Å². The lowest BCUT2D eigenvalue weighted by Crippen LogP contribution is -2.23. The van der Waals surface area contributed by atoms with E-state index in [9.17, 15) is 4.79 Å². The van der Waals surface area contributed by atoms with Gasteiger partial charge in [-0.25, -0.2) is 4.68 Å². The van der Waals surface area contributed by atoms with Crippen molar-refractivity contribution in [1.29, 1.82) is 0 Å². The highest BCUT2D eigenvalue weighted by Gasteiger charge is 2.16. The number of hydrogen-bond acceptors (Lipinski definition) is 8. The highest BCUT2D eigenvalue weighted by atomic mass is 32.1. The number of ether oxygens (including phenoxy) is 3. The Balaban J connectivity index is 1.38. The van der Waals surface area contributed by atoms with E-state index in [0.29, 0.717) is 33.4 Å². The van der Waals surface area contributed by atoms with E-state index in [1.54, 1.807) is 20.3 Å². The van der Waals surface area contributed by atoms with Crippen LogP contribution in [0.1, 0.15) is 29.4 Å². The van der Waals surface area contributed by atoms with Gasteiger partial charge in [-0.15, -0.1) is 5.10 Å². The molecule has 9 nitrogen and oxygen atoms in total. The second-order valence-corrected chi connectivity index (χ2v) is 10.7. The molecule has 3 aromatic heterocycles. The summed E-state index contributed by atoms with van der Waals surface area (Å²) in [4.78, 5) is 18.5. The van der Waals surface area contributed by atoms with Crippen LogP contribution in [0.25, 0.3) is 40.1 Å². The zero-order valence-electron chi connectivity index (χ0n) is 24.1. The molecule has 3 heterocycles. The summed E-state index contributed by atoms with van der Waals surface area (Å²) in [5.41, 5.74) is 5.13. The molecule has 0 spiro atoms. The van der Waals surface area contributed by atoms with E-state index >= 15 is 0 Å². The first-order chi connectivity index (χ1) is 21.0. The number of nitrogens with zero attached hydrogens (tertiary/aromatic N) is 5. The first-order valence-corrected chi connectivity index (χ1v) is 14.5. The average Bonchev–Trinajstić information content (AvgIpc) is 3.71. The SMILES string of the molecule is CCOc1ccc(-c2nn(-c3ccccc3)cc2/C=c2\sc3nc(/C=C/c4ccc(OC)c(OC)c4)nn3c2=O)c(C)c1. The van der Waals surface area contributed by atoms with E-state index < -0.39 is 0 Å². The molecule has 0 aliphatic carbocycles. The van der Waals surface area contributed by atoms with E-state index in [1.165, 1.54) is 15.9 Å². The largest absolute Gasteiger partial charge is 0.494 e. The maximum atomic E-state index is 13.4. The number of rotatable bonds is 9. The van der Waals surface area contributed by atoms with E-state index in [0.717, 1.165) is 39.4 Å². The molecule has 0 aliphatic rings. The second kappa shape index (κ2) is 11.9. The number of para-hydroxylation sites is 1.